The van der Waals surface area contributed by atoms with E-state index in [-0.39, 0.29) is 5.71 Å². The van der Waals surface area contributed by atoms with E-state index in [0.29, 0.717) is 17.2 Å². The summed E-state index contributed by atoms with van der Waals surface area (Å²) >= 11 is 5.83. The average molecular weight is 226 g/mol. The van der Waals surface area contributed by atoms with E-state index in [9.17, 15) is 4.79 Å². The first-order valence-corrected chi connectivity index (χ1v) is 4.69. The minimum atomic E-state index is -0.486. The lowest BCUT2D eigenvalue weighted by atomic mass is 10.1. The monoisotopic (exact) mass is 225 g/mol. The third-order valence-corrected chi connectivity index (χ3v) is 2.29. The van der Waals surface area contributed by atoms with Crippen LogP contribution in [0.5, 0.6) is 5.75 Å². The maximum Gasteiger partial charge on any atom is 0.356 e. The fourth-order valence-corrected chi connectivity index (χ4v) is 1.51. The summed E-state index contributed by atoms with van der Waals surface area (Å²) in [5.41, 5.74) is 1.07. The molecule has 0 aromatic heterocycles. The molecule has 0 bridgehead atoms. The summed E-state index contributed by atoms with van der Waals surface area (Å²) < 4.78 is 4.55. The van der Waals surface area contributed by atoms with Gasteiger partial charge in [0.1, 0.15) is 0 Å². The smallest absolute Gasteiger partial charge is 0.356 e. The van der Waals surface area contributed by atoms with Crippen molar-refractivity contribution in [2.75, 3.05) is 7.11 Å². The lowest BCUT2D eigenvalue weighted by Gasteiger charge is -2.13. The molecule has 1 heterocycles. The number of fused-ring (bicyclic) bond motifs is 1. The zero-order valence-corrected chi connectivity index (χ0v) is 8.75. The van der Waals surface area contributed by atoms with E-state index in [1.807, 2.05) is 0 Å². The SMILES string of the molecule is COC(=O)C1=NOc2ccc(Cl)cc2C1. The van der Waals surface area contributed by atoms with Crippen molar-refractivity contribution in [3.8, 4) is 5.75 Å². The molecule has 15 heavy (non-hydrogen) atoms. The summed E-state index contributed by atoms with van der Waals surface area (Å²) in [6, 6.07) is 5.17. The van der Waals surface area contributed by atoms with E-state index in [2.05, 4.69) is 9.89 Å². The predicted molar refractivity (Wildman–Crippen MR) is 55.2 cm³/mol. The van der Waals surface area contributed by atoms with Crippen LogP contribution >= 0.6 is 11.6 Å². The van der Waals surface area contributed by atoms with Crippen molar-refractivity contribution in [3.05, 3.63) is 28.8 Å². The van der Waals surface area contributed by atoms with Gasteiger partial charge in [0.15, 0.2) is 11.5 Å². The molecule has 0 N–H and O–H groups in total. The number of oxime groups is 1. The molecule has 1 aromatic carbocycles. The van der Waals surface area contributed by atoms with Crippen LogP contribution in [0.3, 0.4) is 0 Å². The van der Waals surface area contributed by atoms with Gasteiger partial charge in [-0.05, 0) is 18.2 Å². The Labute approximate surface area is 91.4 Å². The van der Waals surface area contributed by atoms with Crippen LogP contribution in [0.25, 0.3) is 0 Å². The molecule has 4 nitrogen and oxygen atoms in total. The van der Waals surface area contributed by atoms with Gasteiger partial charge in [-0.15, -0.1) is 0 Å². The molecule has 0 radical (unpaired) electrons. The number of carbonyl (C=O) groups excluding carboxylic acids is 1. The molecule has 0 atom stereocenters. The molecule has 0 spiro atoms. The van der Waals surface area contributed by atoms with Crippen LogP contribution in [0, 0.1) is 0 Å². The van der Waals surface area contributed by atoms with Gasteiger partial charge in [0.2, 0.25) is 0 Å². The van der Waals surface area contributed by atoms with Crippen molar-refractivity contribution >= 4 is 23.3 Å². The largest absolute Gasteiger partial charge is 0.464 e. The Morgan fingerprint density at radius 1 is 1.60 bits per heavy atom. The minimum Gasteiger partial charge on any atom is -0.464 e. The molecule has 1 aliphatic heterocycles. The molecule has 5 heteroatoms. The highest BCUT2D eigenvalue weighted by Gasteiger charge is 2.20. The van der Waals surface area contributed by atoms with Crippen LogP contribution in [-0.2, 0) is 16.0 Å². The van der Waals surface area contributed by atoms with E-state index >= 15 is 0 Å². The molecule has 1 aromatic rings. The quantitative estimate of drug-likeness (QED) is 0.685. The Balaban J connectivity index is 2.28. The summed E-state index contributed by atoms with van der Waals surface area (Å²) in [6.07, 6.45) is 0.378. The Morgan fingerprint density at radius 3 is 3.13 bits per heavy atom. The van der Waals surface area contributed by atoms with Crippen LogP contribution in [0.4, 0.5) is 0 Å². The number of rotatable bonds is 1. The Bertz CT molecular complexity index is 442. The number of methoxy groups -OCH3 is 1. The van der Waals surface area contributed by atoms with Crippen molar-refractivity contribution in [2.24, 2.45) is 5.16 Å². The predicted octanol–water partition coefficient (Wildman–Crippen LogP) is 1.80. The van der Waals surface area contributed by atoms with E-state index in [4.69, 9.17) is 16.4 Å². The maximum atomic E-state index is 11.2. The second-order valence-corrected chi connectivity index (χ2v) is 3.49. The highest BCUT2D eigenvalue weighted by molar-refractivity contribution is 6.37. The average Bonchev–Trinajstić information content (AvgIpc) is 2.27. The van der Waals surface area contributed by atoms with Gasteiger partial charge in [-0.25, -0.2) is 4.79 Å². The van der Waals surface area contributed by atoms with Gasteiger partial charge < -0.3 is 9.57 Å². The molecule has 0 saturated carbocycles. The summed E-state index contributed by atoms with van der Waals surface area (Å²) in [6.45, 7) is 0. The van der Waals surface area contributed by atoms with Gasteiger partial charge in [-0.2, -0.15) is 0 Å². The normalized spacial score (nSPS) is 13.6. The molecule has 0 fully saturated rings. The highest BCUT2D eigenvalue weighted by Crippen LogP contribution is 2.26. The molecular formula is C10H8ClNO3. The van der Waals surface area contributed by atoms with Crippen LogP contribution in [0.1, 0.15) is 5.56 Å². The van der Waals surface area contributed by atoms with Crippen molar-refractivity contribution in [3.63, 3.8) is 0 Å². The number of benzene rings is 1. The van der Waals surface area contributed by atoms with Gasteiger partial charge >= 0.3 is 5.97 Å². The standard InChI is InChI=1S/C10H8ClNO3/c1-14-10(13)8-5-6-4-7(11)2-3-9(6)15-12-8/h2-4H,5H2,1H3. The van der Waals surface area contributed by atoms with Gasteiger partial charge in [0.25, 0.3) is 0 Å². The van der Waals surface area contributed by atoms with Crippen LogP contribution in [0.2, 0.25) is 5.02 Å². The summed E-state index contributed by atoms with van der Waals surface area (Å²) in [5.74, 6) is 0.132. The summed E-state index contributed by atoms with van der Waals surface area (Å²) in [4.78, 5) is 16.2. The molecule has 0 unspecified atom stereocenters. The second kappa shape index (κ2) is 3.90. The van der Waals surface area contributed by atoms with Crippen molar-refractivity contribution in [1.82, 2.24) is 0 Å². The lowest BCUT2D eigenvalue weighted by molar-refractivity contribution is -0.133. The fraction of sp³-hybridized carbons (Fsp3) is 0.200. The first kappa shape index (κ1) is 9.98. The summed E-state index contributed by atoms with van der Waals surface area (Å²) in [5, 5.41) is 4.27. The number of esters is 1. The van der Waals surface area contributed by atoms with Crippen LogP contribution in [-0.4, -0.2) is 18.8 Å². The van der Waals surface area contributed by atoms with Crippen molar-refractivity contribution in [1.29, 1.82) is 0 Å². The van der Waals surface area contributed by atoms with E-state index < -0.39 is 5.97 Å². The van der Waals surface area contributed by atoms with E-state index in [0.717, 1.165) is 5.56 Å². The second-order valence-electron chi connectivity index (χ2n) is 3.05. The third kappa shape index (κ3) is 1.94. The maximum absolute atomic E-state index is 11.2. The van der Waals surface area contributed by atoms with Crippen molar-refractivity contribution in [2.45, 2.75) is 6.42 Å². The zero-order valence-electron chi connectivity index (χ0n) is 7.99. The number of nitrogens with zero attached hydrogens (tertiary/aromatic N) is 1. The van der Waals surface area contributed by atoms with Crippen LogP contribution in [0.15, 0.2) is 23.4 Å². The number of hydrogen-bond donors (Lipinski definition) is 0. The molecule has 78 valence electrons. The van der Waals surface area contributed by atoms with E-state index in [1.54, 1.807) is 18.2 Å². The van der Waals surface area contributed by atoms with Crippen LogP contribution < -0.4 is 4.84 Å². The van der Waals surface area contributed by atoms with Gasteiger partial charge in [0.05, 0.1) is 7.11 Å². The number of hydrogen-bond acceptors (Lipinski definition) is 4. The Hall–Kier alpha value is -1.55. The lowest BCUT2D eigenvalue weighted by Crippen LogP contribution is -2.22. The Kier molecular flexibility index (Phi) is 2.60. The van der Waals surface area contributed by atoms with Crippen molar-refractivity contribution < 1.29 is 14.4 Å². The highest BCUT2D eigenvalue weighted by atomic mass is 35.5. The topological polar surface area (TPSA) is 47.9 Å². The van der Waals surface area contributed by atoms with E-state index in [1.165, 1.54) is 7.11 Å². The molecule has 2 rings (SSSR count). The van der Waals surface area contributed by atoms with Gasteiger partial charge in [-0.3, -0.25) is 0 Å². The first-order valence-electron chi connectivity index (χ1n) is 4.31. The number of carbonyl (C=O) groups is 1. The van der Waals surface area contributed by atoms with Gasteiger partial charge in [-0.1, -0.05) is 16.8 Å². The molecular weight excluding hydrogens is 218 g/mol. The third-order valence-electron chi connectivity index (χ3n) is 2.06. The molecule has 0 amide bonds. The van der Waals surface area contributed by atoms with Gasteiger partial charge in [0, 0.05) is 17.0 Å². The number of ether oxygens (including phenoxy) is 1. The molecule has 1 aliphatic rings. The number of halogens is 1. The summed E-state index contributed by atoms with van der Waals surface area (Å²) in [7, 11) is 1.30. The fourth-order valence-electron chi connectivity index (χ4n) is 1.32. The first-order chi connectivity index (χ1) is 7.20. The molecule has 0 aliphatic carbocycles. The minimum absolute atomic E-state index is 0.243. The Morgan fingerprint density at radius 2 is 2.40 bits per heavy atom. The zero-order chi connectivity index (χ0) is 10.8. The molecule has 0 saturated heterocycles.